The number of nitrogens with zero attached hydrogens (tertiary/aromatic N) is 2. The van der Waals surface area contributed by atoms with Crippen molar-refractivity contribution in [1.82, 2.24) is 10.2 Å². The van der Waals surface area contributed by atoms with Crippen LogP contribution < -0.4 is 5.32 Å². The van der Waals surface area contributed by atoms with E-state index in [0.717, 1.165) is 45.4 Å². The lowest BCUT2D eigenvalue weighted by Gasteiger charge is -2.48. The van der Waals surface area contributed by atoms with Gasteiger partial charge in [0.15, 0.2) is 0 Å². The highest BCUT2D eigenvalue weighted by molar-refractivity contribution is 5.79. The molecule has 2 saturated heterocycles. The van der Waals surface area contributed by atoms with Gasteiger partial charge in [0.05, 0.1) is 12.0 Å². The van der Waals surface area contributed by atoms with Crippen molar-refractivity contribution in [1.29, 1.82) is 5.26 Å². The molecule has 3 aliphatic rings. The third kappa shape index (κ3) is 2.69. The van der Waals surface area contributed by atoms with Crippen LogP contribution in [-0.4, -0.2) is 37.0 Å². The van der Waals surface area contributed by atoms with E-state index >= 15 is 0 Å². The van der Waals surface area contributed by atoms with Gasteiger partial charge in [-0.05, 0) is 43.4 Å². The van der Waals surface area contributed by atoms with Crippen LogP contribution in [-0.2, 0) is 4.79 Å². The van der Waals surface area contributed by atoms with Gasteiger partial charge in [-0.2, -0.15) is 5.26 Å². The van der Waals surface area contributed by atoms with E-state index in [0.29, 0.717) is 23.7 Å². The average Bonchev–Trinajstić information content (AvgIpc) is 2.46. The maximum atomic E-state index is 12.7. The SMILES string of the molecule is N#CCC1CCN(C(=O)C2CNCC3(CCC3)C2)CC1. The van der Waals surface area contributed by atoms with Crippen LogP contribution in [0.5, 0.6) is 0 Å². The molecule has 2 heterocycles. The molecule has 4 nitrogen and oxygen atoms in total. The first-order valence-corrected chi connectivity index (χ1v) is 8.09. The van der Waals surface area contributed by atoms with Crippen molar-refractivity contribution in [2.24, 2.45) is 17.3 Å². The van der Waals surface area contributed by atoms with Crippen molar-refractivity contribution in [2.75, 3.05) is 26.2 Å². The molecular formula is C16H25N3O. The number of amides is 1. The number of carbonyl (C=O) groups is 1. The van der Waals surface area contributed by atoms with Gasteiger partial charge in [0, 0.05) is 32.6 Å². The molecule has 2 aliphatic heterocycles. The molecule has 1 spiro atoms. The molecule has 1 aliphatic carbocycles. The van der Waals surface area contributed by atoms with Gasteiger partial charge in [0.25, 0.3) is 0 Å². The zero-order valence-corrected chi connectivity index (χ0v) is 12.2. The number of nitrogens with one attached hydrogen (secondary N) is 1. The Morgan fingerprint density at radius 2 is 2.10 bits per heavy atom. The summed E-state index contributed by atoms with van der Waals surface area (Å²) in [5, 5.41) is 12.2. The summed E-state index contributed by atoms with van der Waals surface area (Å²) in [4.78, 5) is 14.7. The smallest absolute Gasteiger partial charge is 0.226 e. The molecule has 0 aromatic carbocycles. The summed E-state index contributed by atoms with van der Waals surface area (Å²) in [6.45, 7) is 3.68. The number of hydrogen-bond acceptors (Lipinski definition) is 3. The summed E-state index contributed by atoms with van der Waals surface area (Å²) in [7, 11) is 0. The molecule has 20 heavy (non-hydrogen) atoms. The molecule has 110 valence electrons. The van der Waals surface area contributed by atoms with Crippen LogP contribution in [0, 0.1) is 28.6 Å². The molecule has 4 heteroatoms. The van der Waals surface area contributed by atoms with Crippen molar-refractivity contribution in [3.05, 3.63) is 0 Å². The second-order valence-corrected chi connectivity index (χ2v) is 7.02. The lowest BCUT2D eigenvalue weighted by Crippen LogP contribution is -2.53. The van der Waals surface area contributed by atoms with Gasteiger partial charge in [-0.3, -0.25) is 4.79 Å². The quantitative estimate of drug-likeness (QED) is 0.837. The second kappa shape index (κ2) is 5.73. The van der Waals surface area contributed by atoms with Gasteiger partial charge in [-0.15, -0.1) is 0 Å². The first kappa shape index (κ1) is 13.9. The number of rotatable bonds is 2. The molecule has 1 atom stereocenters. The number of nitriles is 1. The molecule has 0 aromatic heterocycles. The summed E-state index contributed by atoms with van der Waals surface area (Å²) in [6, 6.07) is 2.26. The van der Waals surface area contributed by atoms with E-state index in [1.165, 1.54) is 19.3 Å². The first-order valence-electron chi connectivity index (χ1n) is 8.09. The van der Waals surface area contributed by atoms with Crippen molar-refractivity contribution < 1.29 is 4.79 Å². The summed E-state index contributed by atoms with van der Waals surface area (Å²) < 4.78 is 0. The van der Waals surface area contributed by atoms with Crippen LogP contribution in [0.4, 0.5) is 0 Å². The fraction of sp³-hybridized carbons (Fsp3) is 0.875. The molecule has 3 fully saturated rings. The third-order valence-corrected chi connectivity index (χ3v) is 5.64. The first-order chi connectivity index (χ1) is 9.72. The van der Waals surface area contributed by atoms with Crippen molar-refractivity contribution in [3.63, 3.8) is 0 Å². The van der Waals surface area contributed by atoms with E-state index in [4.69, 9.17) is 5.26 Å². The van der Waals surface area contributed by atoms with Crippen LogP contribution in [0.25, 0.3) is 0 Å². The number of likely N-dealkylation sites (tertiary alicyclic amines) is 1. The van der Waals surface area contributed by atoms with Crippen molar-refractivity contribution >= 4 is 5.91 Å². The minimum atomic E-state index is 0.191. The van der Waals surface area contributed by atoms with Crippen molar-refractivity contribution in [2.45, 2.75) is 44.9 Å². The zero-order valence-electron chi connectivity index (χ0n) is 12.2. The topological polar surface area (TPSA) is 56.1 Å². The van der Waals surface area contributed by atoms with Crippen LogP contribution in [0.15, 0.2) is 0 Å². The number of hydrogen-bond donors (Lipinski definition) is 1. The highest BCUT2D eigenvalue weighted by Gasteiger charge is 2.43. The average molecular weight is 275 g/mol. The summed E-state index contributed by atoms with van der Waals surface area (Å²) in [6.07, 6.45) is 7.69. The molecule has 3 rings (SSSR count). The molecule has 1 unspecified atom stereocenters. The van der Waals surface area contributed by atoms with Crippen LogP contribution in [0.2, 0.25) is 0 Å². The maximum Gasteiger partial charge on any atom is 0.226 e. The predicted octanol–water partition coefficient (Wildman–Crippen LogP) is 1.92. The summed E-state index contributed by atoms with van der Waals surface area (Å²) >= 11 is 0. The summed E-state index contributed by atoms with van der Waals surface area (Å²) in [5.74, 6) is 1.06. The van der Waals surface area contributed by atoms with E-state index in [-0.39, 0.29) is 5.92 Å². The minimum absolute atomic E-state index is 0.191. The lowest BCUT2D eigenvalue weighted by atomic mass is 9.62. The maximum absolute atomic E-state index is 12.7. The largest absolute Gasteiger partial charge is 0.342 e. The van der Waals surface area contributed by atoms with Gasteiger partial charge in [0.1, 0.15) is 0 Å². The Morgan fingerprint density at radius 3 is 2.70 bits per heavy atom. The second-order valence-electron chi connectivity index (χ2n) is 7.02. The standard InChI is InChI=1S/C16H25N3O/c17-7-2-13-3-8-19(9-4-13)15(20)14-10-16(5-1-6-16)12-18-11-14/h13-14,18H,1-6,8-12H2. The molecule has 0 aromatic rings. The predicted molar refractivity (Wildman–Crippen MR) is 76.8 cm³/mol. The van der Waals surface area contributed by atoms with Gasteiger partial charge >= 0.3 is 0 Å². The molecule has 0 bridgehead atoms. The fourth-order valence-electron chi connectivity index (χ4n) is 4.16. The van der Waals surface area contributed by atoms with Gasteiger partial charge in [0.2, 0.25) is 5.91 Å². The van der Waals surface area contributed by atoms with E-state index in [2.05, 4.69) is 16.3 Å². The van der Waals surface area contributed by atoms with E-state index < -0.39 is 0 Å². The molecular weight excluding hydrogens is 250 g/mol. The lowest BCUT2D eigenvalue weighted by molar-refractivity contribution is -0.139. The molecule has 0 radical (unpaired) electrons. The van der Waals surface area contributed by atoms with E-state index in [1.807, 2.05) is 0 Å². The molecule has 1 saturated carbocycles. The highest BCUT2D eigenvalue weighted by Crippen LogP contribution is 2.47. The zero-order chi connectivity index (χ0) is 14.0. The third-order valence-electron chi connectivity index (χ3n) is 5.64. The Kier molecular flexibility index (Phi) is 3.98. The van der Waals surface area contributed by atoms with Crippen LogP contribution in [0.3, 0.4) is 0 Å². The van der Waals surface area contributed by atoms with Gasteiger partial charge in [-0.1, -0.05) is 6.42 Å². The summed E-state index contributed by atoms with van der Waals surface area (Å²) in [5.41, 5.74) is 0.442. The van der Waals surface area contributed by atoms with Crippen molar-refractivity contribution in [3.8, 4) is 6.07 Å². The Morgan fingerprint density at radius 1 is 1.35 bits per heavy atom. The number of piperidine rings is 2. The van der Waals surface area contributed by atoms with E-state index in [1.54, 1.807) is 0 Å². The molecule has 1 N–H and O–H groups in total. The highest BCUT2D eigenvalue weighted by atomic mass is 16.2. The van der Waals surface area contributed by atoms with Gasteiger partial charge < -0.3 is 10.2 Å². The van der Waals surface area contributed by atoms with Crippen LogP contribution >= 0.6 is 0 Å². The van der Waals surface area contributed by atoms with Crippen LogP contribution in [0.1, 0.15) is 44.9 Å². The number of carbonyl (C=O) groups excluding carboxylic acids is 1. The minimum Gasteiger partial charge on any atom is -0.342 e. The van der Waals surface area contributed by atoms with Gasteiger partial charge in [-0.25, -0.2) is 0 Å². The molecule has 1 amide bonds. The van der Waals surface area contributed by atoms with E-state index in [9.17, 15) is 4.79 Å². The normalized spacial score (nSPS) is 29.8. The Labute approximate surface area is 121 Å². The fourth-order valence-corrected chi connectivity index (χ4v) is 4.16. The Bertz CT molecular complexity index is 402. The monoisotopic (exact) mass is 275 g/mol. The Hall–Kier alpha value is -1.08. The Balaban J connectivity index is 1.53.